The Morgan fingerprint density at radius 3 is 2.26 bits per heavy atom. The highest BCUT2D eigenvalue weighted by Gasteiger charge is 2.21. The Kier molecular flexibility index (Phi) is 5.92. The van der Waals surface area contributed by atoms with Crippen molar-refractivity contribution < 1.29 is 18.7 Å². The molecule has 0 spiro atoms. The predicted octanol–water partition coefficient (Wildman–Crippen LogP) is 0.579. The third kappa shape index (κ3) is 4.92. The molecule has 0 bridgehead atoms. The van der Waals surface area contributed by atoms with Crippen molar-refractivity contribution in [1.29, 1.82) is 0 Å². The summed E-state index contributed by atoms with van der Waals surface area (Å²) in [5.74, 6) is -0.541. The Balaban J connectivity index is 1.74. The maximum Gasteiger partial charge on any atom is 0.248 e. The largest absolute Gasteiger partial charge is 0.368 e. The molecule has 23 heavy (non-hydrogen) atoms. The Labute approximate surface area is 135 Å². The average molecular weight is 323 g/mol. The van der Waals surface area contributed by atoms with Gasteiger partial charge in [-0.2, -0.15) is 0 Å². The molecule has 1 heterocycles. The summed E-state index contributed by atoms with van der Waals surface area (Å²) in [6, 6.07) is 6.34. The number of likely N-dealkylation sites (N-methyl/N-ethyl adjacent to an activating group) is 1. The summed E-state index contributed by atoms with van der Waals surface area (Å²) in [6.45, 7) is 2.37. The molecular formula is C16H22FN3O3. The molecule has 0 N–H and O–H groups in total. The summed E-state index contributed by atoms with van der Waals surface area (Å²) in [5.41, 5.74) is 0.950. The van der Waals surface area contributed by atoms with Crippen LogP contribution in [0.3, 0.4) is 0 Å². The molecular weight excluding hydrogens is 301 g/mol. The van der Waals surface area contributed by atoms with Crippen molar-refractivity contribution in [3.05, 3.63) is 30.1 Å². The molecule has 0 saturated carbocycles. The molecule has 1 aliphatic heterocycles. The Morgan fingerprint density at radius 1 is 1.09 bits per heavy atom. The van der Waals surface area contributed by atoms with Crippen LogP contribution in [0.5, 0.6) is 0 Å². The molecule has 0 aliphatic carbocycles. The smallest absolute Gasteiger partial charge is 0.248 e. The minimum atomic E-state index is -0.257. The second kappa shape index (κ2) is 7.92. The Hall–Kier alpha value is -2.15. The number of piperazine rings is 1. The van der Waals surface area contributed by atoms with Gasteiger partial charge in [-0.3, -0.25) is 9.59 Å². The van der Waals surface area contributed by atoms with Gasteiger partial charge in [-0.05, 0) is 24.3 Å². The molecule has 0 radical (unpaired) electrons. The standard InChI is InChI=1S/C16H22FN3O3/c1-18(2)15(21)11-23-12-16(22)20-9-7-19(8-10-20)14-5-3-13(17)4-6-14/h3-6H,7-12H2,1-2H3. The molecule has 0 aromatic heterocycles. The lowest BCUT2D eigenvalue weighted by atomic mass is 10.2. The maximum absolute atomic E-state index is 12.9. The van der Waals surface area contributed by atoms with Gasteiger partial charge in [0.2, 0.25) is 11.8 Å². The lowest BCUT2D eigenvalue weighted by Gasteiger charge is -2.36. The molecule has 7 heteroatoms. The molecule has 2 rings (SSSR count). The highest BCUT2D eigenvalue weighted by Crippen LogP contribution is 2.16. The number of benzene rings is 1. The topological polar surface area (TPSA) is 53.1 Å². The van der Waals surface area contributed by atoms with Crippen LogP contribution in [0.15, 0.2) is 24.3 Å². The van der Waals surface area contributed by atoms with E-state index in [0.29, 0.717) is 26.2 Å². The minimum absolute atomic E-state index is 0.0872. The number of anilines is 1. The quantitative estimate of drug-likeness (QED) is 0.795. The average Bonchev–Trinajstić information content (AvgIpc) is 2.55. The maximum atomic E-state index is 12.9. The van der Waals surface area contributed by atoms with Crippen LogP contribution in [0, 0.1) is 5.82 Å². The molecule has 126 valence electrons. The van der Waals surface area contributed by atoms with E-state index in [2.05, 4.69) is 4.90 Å². The van der Waals surface area contributed by atoms with E-state index in [0.717, 1.165) is 5.69 Å². The number of amides is 2. The number of nitrogens with zero attached hydrogens (tertiary/aromatic N) is 3. The van der Waals surface area contributed by atoms with Gasteiger partial charge in [0.1, 0.15) is 19.0 Å². The van der Waals surface area contributed by atoms with Gasteiger partial charge in [-0.15, -0.1) is 0 Å². The van der Waals surface area contributed by atoms with Crippen LogP contribution in [-0.2, 0) is 14.3 Å². The van der Waals surface area contributed by atoms with Crippen molar-refractivity contribution in [1.82, 2.24) is 9.80 Å². The van der Waals surface area contributed by atoms with Gasteiger partial charge in [0.05, 0.1) is 0 Å². The summed E-state index contributed by atoms with van der Waals surface area (Å²) in [5, 5.41) is 0. The monoisotopic (exact) mass is 323 g/mol. The zero-order valence-corrected chi connectivity index (χ0v) is 13.5. The van der Waals surface area contributed by atoms with E-state index in [1.54, 1.807) is 31.1 Å². The predicted molar refractivity (Wildman–Crippen MR) is 84.7 cm³/mol. The molecule has 0 atom stereocenters. The molecule has 1 aliphatic rings. The Morgan fingerprint density at radius 2 is 1.70 bits per heavy atom. The second-order valence-corrected chi connectivity index (χ2v) is 5.63. The van der Waals surface area contributed by atoms with Crippen LogP contribution in [0.25, 0.3) is 0 Å². The van der Waals surface area contributed by atoms with Gasteiger partial charge in [-0.25, -0.2) is 4.39 Å². The Bertz CT molecular complexity index is 540. The van der Waals surface area contributed by atoms with E-state index in [9.17, 15) is 14.0 Å². The summed E-state index contributed by atoms with van der Waals surface area (Å²) in [4.78, 5) is 28.7. The minimum Gasteiger partial charge on any atom is -0.368 e. The SMILES string of the molecule is CN(C)C(=O)COCC(=O)N1CCN(c2ccc(F)cc2)CC1. The molecule has 6 nitrogen and oxygen atoms in total. The van der Waals surface area contributed by atoms with Crippen LogP contribution in [0.2, 0.25) is 0 Å². The lowest BCUT2D eigenvalue weighted by molar-refractivity contribution is -0.141. The fraction of sp³-hybridized carbons (Fsp3) is 0.500. The summed E-state index contributed by atoms with van der Waals surface area (Å²) >= 11 is 0. The first-order valence-corrected chi connectivity index (χ1v) is 7.53. The fourth-order valence-corrected chi connectivity index (χ4v) is 2.31. The molecule has 1 aromatic carbocycles. The van der Waals surface area contributed by atoms with Crippen molar-refractivity contribution in [2.24, 2.45) is 0 Å². The fourth-order valence-electron chi connectivity index (χ4n) is 2.31. The van der Waals surface area contributed by atoms with E-state index in [-0.39, 0.29) is 30.8 Å². The van der Waals surface area contributed by atoms with Crippen molar-refractivity contribution in [3.63, 3.8) is 0 Å². The van der Waals surface area contributed by atoms with Crippen LogP contribution in [-0.4, -0.2) is 75.1 Å². The van der Waals surface area contributed by atoms with Gasteiger partial charge in [0.25, 0.3) is 0 Å². The number of carbonyl (C=O) groups excluding carboxylic acids is 2. The van der Waals surface area contributed by atoms with Crippen LogP contribution in [0.4, 0.5) is 10.1 Å². The van der Waals surface area contributed by atoms with Gasteiger partial charge in [0, 0.05) is 46.0 Å². The summed E-state index contributed by atoms with van der Waals surface area (Å²) in [7, 11) is 3.28. The molecule has 1 fully saturated rings. The molecule has 2 amide bonds. The van der Waals surface area contributed by atoms with Crippen molar-refractivity contribution >= 4 is 17.5 Å². The summed E-state index contributed by atoms with van der Waals surface area (Å²) in [6.07, 6.45) is 0. The second-order valence-electron chi connectivity index (χ2n) is 5.63. The highest BCUT2D eigenvalue weighted by molar-refractivity contribution is 5.79. The first-order chi connectivity index (χ1) is 11.0. The molecule has 1 aromatic rings. The molecule has 1 saturated heterocycles. The van der Waals surface area contributed by atoms with Crippen LogP contribution >= 0.6 is 0 Å². The van der Waals surface area contributed by atoms with Gasteiger partial charge < -0.3 is 19.4 Å². The molecule has 0 unspecified atom stereocenters. The van der Waals surface area contributed by atoms with E-state index in [1.807, 2.05) is 0 Å². The highest BCUT2D eigenvalue weighted by atomic mass is 19.1. The van der Waals surface area contributed by atoms with E-state index in [4.69, 9.17) is 4.74 Å². The first kappa shape index (κ1) is 17.2. The zero-order valence-electron chi connectivity index (χ0n) is 13.5. The lowest BCUT2D eigenvalue weighted by Crippen LogP contribution is -2.50. The number of hydrogen-bond donors (Lipinski definition) is 0. The van der Waals surface area contributed by atoms with Gasteiger partial charge in [0.15, 0.2) is 0 Å². The van der Waals surface area contributed by atoms with Crippen molar-refractivity contribution in [2.75, 3.05) is 58.4 Å². The number of halogens is 1. The number of ether oxygens (including phenoxy) is 1. The van der Waals surface area contributed by atoms with Crippen molar-refractivity contribution in [2.45, 2.75) is 0 Å². The van der Waals surface area contributed by atoms with Crippen LogP contribution < -0.4 is 4.90 Å². The van der Waals surface area contributed by atoms with Gasteiger partial charge >= 0.3 is 0 Å². The summed E-state index contributed by atoms with van der Waals surface area (Å²) < 4.78 is 18.1. The van der Waals surface area contributed by atoms with Crippen molar-refractivity contribution in [3.8, 4) is 0 Å². The normalized spacial score (nSPS) is 14.7. The number of carbonyl (C=O) groups is 2. The zero-order chi connectivity index (χ0) is 16.8. The van der Waals surface area contributed by atoms with Gasteiger partial charge in [-0.1, -0.05) is 0 Å². The third-order valence-corrected chi connectivity index (χ3v) is 3.77. The number of hydrogen-bond acceptors (Lipinski definition) is 4. The van der Waals surface area contributed by atoms with E-state index >= 15 is 0 Å². The van der Waals surface area contributed by atoms with E-state index < -0.39 is 0 Å². The van der Waals surface area contributed by atoms with Crippen LogP contribution in [0.1, 0.15) is 0 Å². The number of rotatable bonds is 5. The third-order valence-electron chi connectivity index (χ3n) is 3.77. The van der Waals surface area contributed by atoms with E-state index in [1.165, 1.54) is 17.0 Å². The first-order valence-electron chi connectivity index (χ1n) is 7.53.